The van der Waals surface area contributed by atoms with Gasteiger partial charge in [-0.05, 0) is 44.9 Å². The molecule has 0 saturated carbocycles. The molecule has 1 N–H and O–H groups in total. The van der Waals surface area contributed by atoms with Crippen LogP contribution in [0.3, 0.4) is 0 Å². The number of nitrogens with one attached hydrogen (secondary N) is 1. The minimum absolute atomic E-state index is 0.0216. The summed E-state index contributed by atoms with van der Waals surface area (Å²) in [4.78, 5) is 11.5. The van der Waals surface area contributed by atoms with Gasteiger partial charge in [0.1, 0.15) is 4.75 Å². The smallest absolute Gasteiger partial charge is 0.337 e. The van der Waals surface area contributed by atoms with E-state index in [4.69, 9.17) is 4.74 Å². The van der Waals surface area contributed by atoms with Crippen LogP contribution < -0.4 is 4.72 Å². The highest BCUT2D eigenvalue weighted by Crippen LogP contribution is 2.25. The molecule has 1 aromatic carbocycles. The highest BCUT2D eigenvalue weighted by molar-refractivity contribution is 7.90. The average molecular weight is 340 g/mol. The van der Waals surface area contributed by atoms with E-state index >= 15 is 0 Å². The number of esters is 1. The van der Waals surface area contributed by atoms with Gasteiger partial charge in [0.05, 0.1) is 18.7 Å². The lowest BCUT2D eigenvalue weighted by Crippen LogP contribution is -2.41. The largest absolute Gasteiger partial charge is 0.598 e. The Morgan fingerprint density at radius 3 is 2.35 bits per heavy atom. The van der Waals surface area contributed by atoms with Crippen molar-refractivity contribution in [2.24, 2.45) is 0 Å². The lowest BCUT2D eigenvalue weighted by Gasteiger charge is -2.28. The van der Waals surface area contributed by atoms with E-state index in [2.05, 4.69) is 11.6 Å². The number of unbranched alkanes of at least 4 members (excludes halogenated alkanes) is 2. The van der Waals surface area contributed by atoms with Crippen LogP contribution in [0.5, 0.6) is 0 Å². The summed E-state index contributed by atoms with van der Waals surface area (Å²) in [5.74, 6) is -0.342. The Morgan fingerprint density at radius 1 is 1.26 bits per heavy atom. The van der Waals surface area contributed by atoms with Gasteiger partial charge in [-0.3, -0.25) is 0 Å². The minimum Gasteiger partial charge on any atom is -0.598 e. The van der Waals surface area contributed by atoms with Gasteiger partial charge in [0, 0.05) is 11.4 Å². The number of ether oxygens (including phenoxy) is 1. The topological polar surface area (TPSA) is 61.4 Å². The molecular weight excluding hydrogens is 310 g/mol. The summed E-state index contributed by atoms with van der Waals surface area (Å²) in [5.41, 5.74) is 1.58. The number of methoxy groups -OCH3 is 1. The van der Waals surface area contributed by atoms with Crippen molar-refractivity contribution in [1.29, 1.82) is 0 Å². The van der Waals surface area contributed by atoms with Crippen molar-refractivity contribution in [3.05, 3.63) is 35.4 Å². The second-order valence-electron chi connectivity index (χ2n) is 6.66. The zero-order chi connectivity index (χ0) is 17.5. The molecular formula is C18H29NO3S. The number of carbonyl (C=O) groups excluding carboxylic acids is 1. The standard InChI is InChI=1S/C18H29NO3S/c1-6-7-8-9-16(19-23(21)18(2,3)4)14-10-12-15(13-11-14)17(20)22-5/h10-13,16,19H,6-9H2,1-5H3/t16-,23?/m1/s1. The number of benzene rings is 1. The molecule has 4 nitrogen and oxygen atoms in total. The zero-order valence-corrected chi connectivity index (χ0v) is 15.7. The molecule has 0 radical (unpaired) electrons. The highest BCUT2D eigenvalue weighted by atomic mass is 32.2. The van der Waals surface area contributed by atoms with Crippen molar-refractivity contribution in [3.8, 4) is 0 Å². The fourth-order valence-electron chi connectivity index (χ4n) is 2.17. The number of hydrogen-bond donors (Lipinski definition) is 1. The maximum absolute atomic E-state index is 12.4. The van der Waals surface area contributed by atoms with Crippen molar-refractivity contribution in [3.63, 3.8) is 0 Å². The Bertz CT molecular complexity index is 482. The van der Waals surface area contributed by atoms with Crippen molar-refractivity contribution < 1.29 is 14.1 Å². The van der Waals surface area contributed by atoms with Crippen LogP contribution in [-0.4, -0.2) is 22.4 Å². The lowest BCUT2D eigenvalue weighted by molar-refractivity contribution is 0.0600. The fourth-order valence-corrected chi connectivity index (χ4v) is 3.03. The predicted octanol–water partition coefficient (Wildman–Crippen LogP) is 4.15. The molecule has 0 heterocycles. The van der Waals surface area contributed by atoms with E-state index < -0.39 is 11.4 Å². The molecule has 0 bridgehead atoms. The van der Waals surface area contributed by atoms with E-state index in [1.165, 1.54) is 7.11 Å². The normalized spacial score (nSPS) is 14.3. The average Bonchev–Trinajstić information content (AvgIpc) is 2.52. The molecule has 0 spiro atoms. The van der Waals surface area contributed by atoms with Gasteiger partial charge in [0.2, 0.25) is 0 Å². The van der Waals surface area contributed by atoms with E-state index in [1.54, 1.807) is 12.1 Å². The quantitative estimate of drug-likeness (QED) is 0.439. The Hall–Kier alpha value is -1.04. The molecule has 0 aliphatic heterocycles. The van der Waals surface area contributed by atoms with Gasteiger partial charge < -0.3 is 9.29 Å². The molecule has 0 aliphatic carbocycles. The van der Waals surface area contributed by atoms with Crippen LogP contribution in [0, 0.1) is 0 Å². The Morgan fingerprint density at radius 2 is 1.87 bits per heavy atom. The maximum Gasteiger partial charge on any atom is 0.337 e. The van der Waals surface area contributed by atoms with Crippen LogP contribution in [-0.2, 0) is 16.1 Å². The minimum atomic E-state index is -1.13. The van der Waals surface area contributed by atoms with Crippen LogP contribution >= 0.6 is 0 Å². The molecule has 23 heavy (non-hydrogen) atoms. The molecule has 0 aromatic heterocycles. The molecule has 5 heteroatoms. The molecule has 130 valence electrons. The third-order valence-electron chi connectivity index (χ3n) is 3.64. The van der Waals surface area contributed by atoms with E-state index in [0.29, 0.717) is 5.56 Å². The van der Waals surface area contributed by atoms with E-state index in [9.17, 15) is 9.35 Å². The molecule has 1 rings (SSSR count). The predicted molar refractivity (Wildman–Crippen MR) is 95.7 cm³/mol. The van der Waals surface area contributed by atoms with Crippen LogP contribution in [0.1, 0.15) is 75.3 Å². The fraction of sp³-hybridized carbons (Fsp3) is 0.611. The molecule has 0 fully saturated rings. The summed E-state index contributed by atoms with van der Waals surface area (Å²) in [6.45, 7) is 8.04. The second-order valence-corrected chi connectivity index (χ2v) is 8.66. The number of hydrogen-bond acceptors (Lipinski definition) is 4. The first kappa shape index (κ1) is 20.0. The van der Waals surface area contributed by atoms with Crippen LogP contribution in [0.4, 0.5) is 0 Å². The van der Waals surface area contributed by atoms with Gasteiger partial charge in [-0.15, -0.1) is 4.72 Å². The van der Waals surface area contributed by atoms with Gasteiger partial charge in [-0.1, -0.05) is 38.3 Å². The van der Waals surface area contributed by atoms with Crippen LogP contribution in [0.25, 0.3) is 0 Å². The number of rotatable bonds is 8. The maximum atomic E-state index is 12.4. The first-order valence-electron chi connectivity index (χ1n) is 8.16. The monoisotopic (exact) mass is 339 g/mol. The van der Waals surface area contributed by atoms with Crippen molar-refractivity contribution in [2.75, 3.05) is 7.11 Å². The zero-order valence-electron chi connectivity index (χ0n) is 14.8. The van der Waals surface area contributed by atoms with E-state index in [-0.39, 0.29) is 16.8 Å². The van der Waals surface area contributed by atoms with Crippen LogP contribution in [0.15, 0.2) is 24.3 Å². The summed E-state index contributed by atoms with van der Waals surface area (Å²) in [7, 11) is 1.37. The lowest BCUT2D eigenvalue weighted by atomic mass is 10.00. The third kappa shape index (κ3) is 6.53. The van der Waals surface area contributed by atoms with Gasteiger partial charge in [-0.2, -0.15) is 0 Å². The third-order valence-corrected chi connectivity index (χ3v) is 5.25. The molecule has 1 unspecified atom stereocenters. The van der Waals surface area contributed by atoms with E-state index in [0.717, 1.165) is 31.2 Å². The SMILES string of the molecule is CCCCC[C@@H](N[S+]([O-])C(C)(C)C)c1ccc(C(=O)OC)cc1. The molecule has 2 atom stereocenters. The summed E-state index contributed by atoms with van der Waals surface area (Å²) in [6, 6.07) is 7.37. The van der Waals surface area contributed by atoms with Gasteiger partial charge in [0.15, 0.2) is 0 Å². The molecule has 0 aliphatic rings. The van der Waals surface area contributed by atoms with Crippen molar-refractivity contribution in [2.45, 2.75) is 64.2 Å². The van der Waals surface area contributed by atoms with Crippen molar-refractivity contribution in [1.82, 2.24) is 4.72 Å². The van der Waals surface area contributed by atoms with Gasteiger partial charge in [-0.25, -0.2) is 4.79 Å². The van der Waals surface area contributed by atoms with Gasteiger partial charge >= 0.3 is 5.97 Å². The van der Waals surface area contributed by atoms with Gasteiger partial charge in [0.25, 0.3) is 0 Å². The Balaban J connectivity index is 2.87. The summed E-state index contributed by atoms with van der Waals surface area (Å²) in [6.07, 6.45) is 4.30. The molecule has 0 amide bonds. The number of carbonyl (C=O) groups is 1. The second kappa shape index (κ2) is 9.30. The first-order valence-corrected chi connectivity index (χ1v) is 9.31. The van der Waals surface area contributed by atoms with Crippen molar-refractivity contribution >= 4 is 17.3 Å². The van der Waals surface area contributed by atoms with Crippen LogP contribution in [0.2, 0.25) is 0 Å². The molecule has 1 aromatic rings. The summed E-state index contributed by atoms with van der Waals surface area (Å²) in [5, 5.41) is 0. The molecule has 0 saturated heterocycles. The summed E-state index contributed by atoms with van der Waals surface area (Å²) < 4.78 is 20.1. The summed E-state index contributed by atoms with van der Waals surface area (Å²) >= 11 is -1.13. The van der Waals surface area contributed by atoms with E-state index in [1.807, 2.05) is 32.9 Å². The Labute approximate surface area is 143 Å². The first-order chi connectivity index (χ1) is 10.8. The highest BCUT2D eigenvalue weighted by Gasteiger charge is 2.29. The Kier molecular flexibility index (Phi) is 8.09.